The Labute approximate surface area is 278 Å². The number of aliphatic hydroxyl groups excluding tert-OH is 1. The first-order chi connectivity index (χ1) is 22.6. The molecule has 3 aromatic carbocycles. The quantitative estimate of drug-likeness (QED) is 0.194. The zero-order valence-corrected chi connectivity index (χ0v) is 28.3. The fraction of sp³-hybridized carbons (Fsp3) is 0.444. The molecule has 0 saturated carbocycles. The lowest BCUT2D eigenvalue weighted by Crippen LogP contribution is -2.59. The van der Waals surface area contributed by atoms with E-state index in [0.29, 0.717) is 25.2 Å². The fourth-order valence-corrected chi connectivity index (χ4v) is 6.97. The number of nitrogens with one attached hydrogen (secondary N) is 1. The van der Waals surface area contributed by atoms with Crippen LogP contribution in [0.2, 0.25) is 0 Å². The highest BCUT2D eigenvalue weighted by Crippen LogP contribution is 2.29. The molecule has 4 rings (SSSR count). The molecule has 2 amide bonds. The highest BCUT2D eigenvalue weighted by atomic mass is 32.2. The van der Waals surface area contributed by atoms with Crippen molar-refractivity contribution in [3.8, 4) is 5.75 Å². The monoisotopic (exact) mass is 665 g/mol. The van der Waals surface area contributed by atoms with Crippen LogP contribution in [-0.4, -0.2) is 66.7 Å². The van der Waals surface area contributed by atoms with E-state index in [2.05, 4.69) is 5.43 Å². The van der Waals surface area contributed by atoms with Gasteiger partial charge in [0.25, 0.3) is 0 Å². The minimum Gasteiger partial charge on any atom is -0.493 e. The van der Waals surface area contributed by atoms with Crippen molar-refractivity contribution in [2.45, 2.75) is 82.9 Å². The average molecular weight is 666 g/mol. The molecule has 0 aromatic heterocycles. The molecule has 1 heterocycles. The summed E-state index contributed by atoms with van der Waals surface area (Å²) in [4.78, 5) is 27.1. The molecule has 1 aliphatic rings. The first kappa shape index (κ1) is 35.9. The van der Waals surface area contributed by atoms with Gasteiger partial charge in [-0.25, -0.2) is 23.6 Å². The van der Waals surface area contributed by atoms with E-state index < -0.39 is 34.2 Å². The van der Waals surface area contributed by atoms with Gasteiger partial charge in [0.15, 0.2) is 0 Å². The zero-order chi connectivity index (χ0) is 33.8. The standard InChI is InChI=1S/C36H47N3O7S/c1-4-6-20-38(47(43,44)31-17-18-34-30(24-31)19-21-45-34)25-33(40)32(23-28-13-9-7-10-14-28)39(35(41)22-27(3)5-2)37-36(42)46-26-29-15-11-8-12-16-29/h7-18,24,27,32-33,40H,4-6,19-23,25-26H2,1-3H3,(H,37,42)/t27-,32-,33+/m0/s1. The van der Waals surface area contributed by atoms with E-state index in [9.17, 15) is 23.1 Å². The van der Waals surface area contributed by atoms with Gasteiger partial charge >= 0.3 is 6.09 Å². The van der Waals surface area contributed by atoms with Gasteiger partial charge in [0.05, 0.1) is 23.6 Å². The third-order valence-corrected chi connectivity index (χ3v) is 10.3. The van der Waals surface area contributed by atoms with E-state index in [-0.39, 0.29) is 43.4 Å². The van der Waals surface area contributed by atoms with Gasteiger partial charge in [-0.3, -0.25) is 4.79 Å². The normalized spacial score (nSPS) is 14.5. The summed E-state index contributed by atoms with van der Waals surface area (Å²) in [5.41, 5.74) is 5.02. The Kier molecular flexibility index (Phi) is 13.2. The zero-order valence-electron chi connectivity index (χ0n) is 27.5. The predicted octanol–water partition coefficient (Wildman–Crippen LogP) is 5.49. The van der Waals surface area contributed by atoms with Gasteiger partial charge in [0.1, 0.15) is 12.4 Å². The van der Waals surface area contributed by atoms with Crippen molar-refractivity contribution in [1.29, 1.82) is 0 Å². The van der Waals surface area contributed by atoms with Gasteiger partial charge in [-0.2, -0.15) is 4.31 Å². The summed E-state index contributed by atoms with van der Waals surface area (Å²) in [6.45, 7) is 6.25. The number of ether oxygens (including phenoxy) is 2. The molecule has 1 aliphatic heterocycles. The van der Waals surface area contributed by atoms with Crippen molar-refractivity contribution in [2.75, 3.05) is 19.7 Å². The molecule has 3 aromatic rings. The Morgan fingerprint density at radius 2 is 1.68 bits per heavy atom. The number of aliphatic hydroxyl groups is 1. The summed E-state index contributed by atoms with van der Waals surface area (Å²) in [5.74, 6) is 0.275. The largest absolute Gasteiger partial charge is 0.493 e. The first-order valence-corrected chi connectivity index (χ1v) is 17.8. The number of hydrogen-bond donors (Lipinski definition) is 2. The van der Waals surface area contributed by atoms with Crippen molar-refractivity contribution >= 4 is 22.0 Å². The number of nitrogens with zero attached hydrogens (tertiary/aromatic N) is 2. The summed E-state index contributed by atoms with van der Waals surface area (Å²) < 4.78 is 40.4. The van der Waals surface area contributed by atoms with Crippen LogP contribution in [0.1, 0.15) is 63.1 Å². The topological polar surface area (TPSA) is 125 Å². The molecule has 254 valence electrons. The second-order valence-electron chi connectivity index (χ2n) is 12.1. The van der Waals surface area contributed by atoms with E-state index in [4.69, 9.17) is 9.47 Å². The Morgan fingerprint density at radius 3 is 2.34 bits per heavy atom. The molecule has 0 radical (unpaired) electrons. The number of carbonyl (C=O) groups is 2. The number of carbonyl (C=O) groups excluding carboxylic acids is 2. The Bertz CT molecular complexity index is 1550. The maximum atomic E-state index is 14.0. The molecular weight excluding hydrogens is 618 g/mol. The molecule has 0 aliphatic carbocycles. The SMILES string of the molecule is CCCCN(C[C@@H](O)[C@H](Cc1ccccc1)N(NC(=O)OCc1ccccc1)C(=O)C[C@@H](C)CC)S(=O)(=O)c1ccc2c(c1)CCO2. The van der Waals surface area contributed by atoms with Crippen LogP contribution < -0.4 is 10.2 Å². The van der Waals surface area contributed by atoms with Gasteiger partial charge in [-0.05, 0) is 53.6 Å². The molecule has 47 heavy (non-hydrogen) atoms. The minimum absolute atomic E-state index is 0.00637. The van der Waals surface area contributed by atoms with Crippen LogP contribution in [0.4, 0.5) is 4.79 Å². The highest BCUT2D eigenvalue weighted by molar-refractivity contribution is 7.89. The van der Waals surface area contributed by atoms with Crippen LogP contribution in [0.3, 0.4) is 0 Å². The van der Waals surface area contributed by atoms with Crippen LogP contribution in [0, 0.1) is 5.92 Å². The third kappa shape index (κ3) is 10.0. The molecule has 0 bridgehead atoms. The molecule has 0 spiro atoms. The third-order valence-electron chi connectivity index (χ3n) is 8.43. The average Bonchev–Trinajstić information content (AvgIpc) is 3.56. The van der Waals surface area contributed by atoms with Gasteiger partial charge in [0.2, 0.25) is 15.9 Å². The van der Waals surface area contributed by atoms with E-state index in [1.807, 2.05) is 81.4 Å². The van der Waals surface area contributed by atoms with Gasteiger partial charge in [0, 0.05) is 25.9 Å². The molecular formula is C36H47N3O7S. The van der Waals surface area contributed by atoms with Crippen LogP contribution in [0.25, 0.3) is 0 Å². The summed E-state index contributed by atoms with van der Waals surface area (Å²) in [6, 6.07) is 22.3. The van der Waals surface area contributed by atoms with E-state index in [1.165, 1.54) is 10.4 Å². The van der Waals surface area contributed by atoms with Crippen LogP contribution >= 0.6 is 0 Å². The summed E-state index contributed by atoms with van der Waals surface area (Å²) in [7, 11) is -4.03. The van der Waals surface area contributed by atoms with Crippen LogP contribution in [0.15, 0.2) is 83.8 Å². The minimum atomic E-state index is -4.03. The van der Waals surface area contributed by atoms with E-state index in [0.717, 1.165) is 34.5 Å². The fourth-order valence-electron chi connectivity index (χ4n) is 5.43. The molecule has 0 saturated heterocycles. The lowest BCUT2D eigenvalue weighted by atomic mass is 9.98. The smallest absolute Gasteiger partial charge is 0.426 e. The lowest BCUT2D eigenvalue weighted by molar-refractivity contribution is -0.141. The van der Waals surface area contributed by atoms with Gasteiger partial charge in [-0.15, -0.1) is 0 Å². The van der Waals surface area contributed by atoms with Gasteiger partial charge in [-0.1, -0.05) is 94.3 Å². The van der Waals surface area contributed by atoms with Crippen molar-refractivity contribution in [2.24, 2.45) is 5.92 Å². The molecule has 11 heteroatoms. The van der Waals surface area contributed by atoms with E-state index >= 15 is 0 Å². The highest BCUT2D eigenvalue weighted by Gasteiger charge is 2.36. The van der Waals surface area contributed by atoms with Crippen molar-refractivity contribution < 1.29 is 32.6 Å². The number of rotatable bonds is 16. The first-order valence-electron chi connectivity index (χ1n) is 16.4. The van der Waals surface area contributed by atoms with E-state index in [1.54, 1.807) is 12.1 Å². The Morgan fingerprint density at radius 1 is 1.00 bits per heavy atom. The van der Waals surface area contributed by atoms with Crippen molar-refractivity contribution in [1.82, 2.24) is 14.7 Å². The molecule has 0 fully saturated rings. The molecule has 3 atom stereocenters. The second kappa shape index (κ2) is 17.3. The van der Waals surface area contributed by atoms with Crippen LogP contribution in [0.5, 0.6) is 5.75 Å². The summed E-state index contributed by atoms with van der Waals surface area (Å²) in [6.07, 6.45) is 0.718. The number of fused-ring (bicyclic) bond motifs is 1. The molecule has 0 unspecified atom stereocenters. The maximum absolute atomic E-state index is 14.0. The molecule has 10 nitrogen and oxygen atoms in total. The number of unbranched alkanes of at least 4 members (excludes halogenated alkanes) is 1. The number of hydrogen-bond acceptors (Lipinski definition) is 7. The number of hydrazine groups is 1. The summed E-state index contributed by atoms with van der Waals surface area (Å²) >= 11 is 0. The Balaban J connectivity index is 1.65. The number of sulfonamides is 1. The van der Waals surface area contributed by atoms with Crippen molar-refractivity contribution in [3.05, 3.63) is 95.6 Å². The summed E-state index contributed by atoms with van der Waals surface area (Å²) in [5, 5.41) is 13.1. The molecule has 2 N–H and O–H groups in total. The van der Waals surface area contributed by atoms with Gasteiger partial charge < -0.3 is 14.6 Å². The Hall–Kier alpha value is -3.93. The maximum Gasteiger partial charge on any atom is 0.426 e. The number of amides is 2. The predicted molar refractivity (Wildman–Crippen MR) is 180 cm³/mol. The number of benzene rings is 3. The second-order valence-corrected chi connectivity index (χ2v) is 14.0. The van der Waals surface area contributed by atoms with Crippen molar-refractivity contribution in [3.63, 3.8) is 0 Å². The van der Waals surface area contributed by atoms with Crippen LogP contribution in [-0.2, 0) is 39.0 Å². The lowest BCUT2D eigenvalue weighted by Gasteiger charge is -2.37.